The van der Waals surface area contributed by atoms with Crippen molar-refractivity contribution in [1.82, 2.24) is 0 Å². The molecule has 0 atom stereocenters. The van der Waals surface area contributed by atoms with Gasteiger partial charge in [0.2, 0.25) is 0 Å². The average Bonchev–Trinajstić information content (AvgIpc) is 3.16. The van der Waals surface area contributed by atoms with E-state index in [1.54, 1.807) is 17.2 Å². The monoisotopic (exact) mass is 747 g/mol. The summed E-state index contributed by atoms with van der Waals surface area (Å²) in [4.78, 5) is 1.83. The molecular weight excluding hydrogens is 684 g/mol. The van der Waals surface area contributed by atoms with Gasteiger partial charge in [0, 0.05) is 17.1 Å². The summed E-state index contributed by atoms with van der Waals surface area (Å²) in [5.74, 6) is 0. The predicted molar refractivity (Wildman–Crippen MR) is 231 cm³/mol. The molecule has 1 nitrogen and oxygen atoms in total. The van der Waals surface area contributed by atoms with Crippen LogP contribution < -0.4 is 4.90 Å². The molecule has 5 aromatic carbocycles. The average molecular weight is 748 g/mol. The van der Waals surface area contributed by atoms with Crippen LogP contribution >= 0.6 is 0 Å². The number of hydrogen-bond acceptors (Lipinski definition) is 1. The summed E-state index contributed by atoms with van der Waals surface area (Å²) in [5, 5.41) is 0. The number of alkyl halides is 3. The molecule has 0 aromatic heterocycles. The van der Waals surface area contributed by atoms with Crippen LogP contribution in [0.25, 0.3) is 11.1 Å². The smallest absolute Gasteiger partial charge is 0.310 e. The highest BCUT2D eigenvalue weighted by molar-refractivity contribution is 5.77. The van der Waals surface area contributed by atoms with Gasteiger partial charge in [0.1, 0.15) is 0 Å². The molecule has 0 N–H and O–H groups in total. The molecule has 55 heavy (non-hydrogen) atoms. The SMILES string of the molecule is CCCCCCCCc1cc(C)ccc1-c1ccc(C)cc1CCCCCCCC.Cc1ccc(N(c2ccc(C)cc2)c2cccc(C(F)(F)F)c2)cc1. The molecule has 0 amide bonds. The molecule has 5 aromatic rings. The van der Waals surface area contributed by atoms with Crippen LogP contribution in [0.4, 0.5) is 30.2 Å². The summed E-state index contributed by atoms with van der Waals surface area (Å²) >= 11 is 0. The molecule has 5 rings (SSSR count). The number of aryl methyl sites for hydroxylation is 6. The second kappa shape index (κ2) is 22.3. The Morgan fingerprint density at radius 2 is 0.818 bits per heavy atom. The number of halogens is 3. The van der Waals surface area contributed by atoms with Crippen LogP contribution in [0.2, 0.25) is 0 Å². The van der Waals surface area contributed by atoms with Crippen molar-refractivity contribution >= 4 is 17.1 Å². The van der Waals surface area contributed by atoms with E-state index in [1.807, 2.05) is 67.3 Å². The van der Waals surface area contributed by atoms with Gasteiger partial charge in [-0.05, 0) is 118 Å². The van der Waals surface area contributed by atoms with E-state index in [4.69, 9.17) is 0 Å². The first-order chi connectivity index (χ1) is 26.5. The van der Waals surface area contributed by atoms with E-state index in [9.17, 15) is 13.2 Å². The molecule has 0 fully saturated rings. The Morgan fingerprint density at radius 1 is 0.418 bits per heavy atom. The van der Waals surface area contributed by atoms with Crippen molar-refractivity contribution in [2.45, 2.75) is 138 Å². The molecule has 0 saturated carbocycles. The maximum absolute atomic E-state index is 13.1. The van der Waals surface area contributed by atoms with Gasteiger partial charge in [0.25, 0.3) is 0 Å². The molecule has 0 unspecified atom stereocenters. The Balaban J connectivity index is 0.000000248. The summed E-state index contributed by atoms with van der Waals surface area (Å²) in [5.41, 5.74) is 12.5. The zero-order valence-corrected chi connectivity index (χ0v) is 34.4. The lowest BCUT2D eigenvalue weighted by atomic mass is 9.89. The fraction of sp³-hybridized carbons (Fsp3) is 0.412. The van der Waals surface area contributed by atoms with Crippen LogP contribution in [-0.4, -0.2) is 0 Å². The fourth-order valence-electron chi connectivity index (χ4n) is 7.23. The topological polar surface area (TPSA) is 3.24 Å². The van der Waals surface area contributed by atoms with E-state index in [1.165, 1.54) is 124 Å². The van der Waals surface area contributed by atoms with E-state index in [0.29, 0.717) is 5.69 Å². The molecule has 0 aliphatic rings. The Morgan fingerprint density at radius 3 is 1.24 bits per heavy atom. The van der Waals surface area contributed by atoms with E-state index >= 15 is 0 Å². The number of hydrogen-bond donors (Lipinski definition) is 0. The van der Waals surface area contributed by atoms with Crippen molar-refractivity contribution in [1.29, 1.82) is 0 Å². The lowest BCUT2D eigenvalue weighted by Gasteiger charge is -2.26. The minimum Gasteiger partial charge on any atom is -0.310 e. The number of anilines is 3. The summed E-state index contributed by atoms with van der Waals surface area (Å²) in [6, 6.07) is 35.1. The number of nitrogens with zero attached hydrogens (tertiary/aromatic N) is 1. The van der Waals surface area contributed by atoms with Gasteiger partial charge in [-0.1, -0.05) is 167 Å². The standard InChI is InChI=1S/C30H46.C21H18F3N/c1-5-7-9-11-13-15-17-27-23-25(3)19-21-29(27)30-22-20-26(4)24-28(30)18-16-14-12-10-8-6-2;1-15-6-10-18(11-7-15)25(19-12-8-16(2)9-13-19)20-5-3-4-17(14-20)21(22,23)24/h19-24H,5-18H2,1-4H3;3-14H,1-2H3. The highest BCUT2D eigenvalue weighted by Gasteiger charge is 2.31. The van der Waals surface area contributed by atoms with E-state index in [2.05, 4.69) is 64.1 Å². The van der Waals surface area contributed by atoms with Gasteiger partial charge >= 0.3 is 6.18 Å². The van der Waals surface area contributed by atoms with E-state index < -0.39 is 11.7 Å². The van der Waals surface area contributed by atoms with Gasteiger partial charge in [0.15, 0.2) is 0 Å². The van der Waals surface area contributed by atoms with Crippen LogP contribution in [0, 0.1) is 27.7 Å². The van der Waals surface area contributed by atoms with E-state index in [0.717, 1.165) is 28.6 Å². The fourth-order valence-corrected chi connectivity index (χ4v) is 7.23. The zero-order chi connectivity index (χ0) is 39.6. The largest absolute Gasteiger partial charge is 0.416 e. The summed E-state index contributed by atoms with van der Waals surface area (Å²) in [6.07, 6.45) is 14.5. The molecule has 294 valence electrons. The molecule has 0 bridgehead atoms. The second-order valence-electron chi connectivity index (χ2n) is 15.4. The van der Waals surface area contributed by atoms with Crippen molar-refractivity contribution in [2.75, 3.05) is 4.90 Å². The van der Waals surface area contributed by atoms with Crippen LogP contribution in [0.15, 0.2) is 109 Å². The van der Waals surface area contributed by atoms with E-state index in [-0.39, 0.29) is 0 Å². The first-order valence-electron chi connectivity index (χ1n) is 20.8. The summed E-state index contributed by atoms with van der Waals surface area (Å²) in [6.45, 7) is 13.0. The quantitative estimate of drug-likeness (QED) is 0.0807. The van der Waals surface area contributed by atoms with Gasteiger partial charge in [-0.25, -0.2) is 0 Å². The van der Waals surface area contributed by atoms with Crippen LogP contribution in [0.3, 0.4) is 0 Å². The molecule has 0 aliphatic heterocycles. The second-order valence-corrected chi connectivity index (χ2v) is 15.4. The van der Waals surface area contributed by atoms with Crippen molar-refractivity contribution in [3.8, 4) is 11.1 Å². The maximum Gasteiger partial charge on any atom is 0.416 e. The third-order valence-corrected chi connectivity index (χ3v) is 10.4. The predicted octanol–water partition coefficient (Wildman–Crippen LogP) is 16.6. The molecule has 0 aliphatic carbocycles. The third kappa shape index (κ3) is 14.0. The summed E-state index contributed by atoms with van der Waals surface area (Å²) in [7, 11) is 0. The highest BCUT2D eigenvalue weighted by Crippen LogP contribution is 2.38. The Kier molecular flexibility index (Phi) is 17.6. The summed E-state index contributed by atoms with van der Waals surface area (Å²) < 4.78 is 39.4. The Labute approximate surface area is 331 Å². The third-order valence-electron chi connectivity index (χ3n) is 10.4. The van der Waals surface area contributed by atoms with Crippen molar-refractivity contribution in [2.24, 2.45) is 0 Å². The highest BCUT2D eigenvalue weighted by atomic mass is 19.4. The molecule has 0 spiro atoms. The normalized spacial score (nSPS) is 11.3. The Hall–Kier alpha value is -4.31. The maximum atomic E-state index is 13.1. The minimum absolute atomic E-state index is 0.475. The van der Waals surface area contributed by atoms with Gasteiger partial charge < -0.3 is 4.90 Å². The Bertz CT molecular complexity index is 1740. The van der Waals surface area contributed by atoms with Gasteiger partial charge in [-0.2, -0.15) is 13.2 Å². The van der Waals surface area contributed by atoms with Crippen molar-refractivity contribution in [3.63, 3.8) is 0 Å². The molecule has 0 radical (unpaired) electrons. The number of rotatable bonds is 18. The van der Waals surface area contributed by atoms with Gasteiger partial charge in [-0.15, -0.1) is 0 Å². The first kappa shape index (κ1) is 43.4. The van der Waals surface area contributed by atoms with Crippen molar-refractivity contribution < 1.29 is 13.2 Å². The van der Waals surface area contributed by atoms with Crippen molar-refractivity contribution in [3.05, 3.63) is 148 Å². The number of unbranched alkanes of at least 4 members (excludes halogenated alkanes) is 10. The first-order valence-corrected chi connectivity index (χ1v) is 20.8. The van der Waals surface area contributed by atoms with Crippen LogP contribution in [-0.2, 0) is 19.0 Å². The molecule has 0 saturated heterocycles. The van der Waals surface area contributed by atoms with Crippen LogP contribution in [0.1, 0.15) is 130 Å². The number of benzene rings is 5. The van der Waals surface area contributed by atoms with Gasteiger partial charge in [-0.3, -0.25) is 0 Å². The minimum atomic E-state index is -4.37. The molecule has 0 heterocycles. The molecule has 4 heteroatoms. The zero-order valence-electron chi connectivity index (χ0n) is 34.4. The lowest BCUT2D eigenvalue weighted by Crippen LogP contribution is -2.12. The van der Waals surface area contributed by atoms with Crippen LogP contribution in [0.5, 0.6) is 0 Å². The van der Waals surface area contributed by atoms with Gasteiger partial charge in [0.05, 0.1) is 5.56 Å². The molecular formula is C51H64F3N. The lowest BCUT2D eigenvalue weighted by molar-refractivity contribution is -0.137.